The third-order valence-electron chi connectivity index (χ3n) is 5.13. The van der Waals surface area contributed by atoms with Crippen molar-refractivity contribution >= 4 is 17.5 Å². The van der Waals surface area contributed by atoms with E-state index < -0.39 is 0 Å². The molecule has 0 unspecified atom stereocenters. The van der Waals surface area contributed by atoms with Crippen LogP contribution >= 0.6 is 11.6 Å². The van der Waals surface area contributed by atoms with Gasteiger partial charge in [0, 0.05) is 55.7 Å². The Balaban J connectivity index is 1.37. The van der Waals surface area contributed by atoms with Gasteiger partial charge < -0.3 is 4.90 Å². The van der Waals surface area contributed by atoms with Crippen molar-refractivity contribution in [3.63, 3.8) is 0 Å². The van der Waals surface area contributed by atoms with E-state index in [1.54, 1.807) is 24.5 Å². The Labute approximate surface area is 147 Å². The van der Waals surface area contributed by atoms with E-state index in [2.05, 4.69) is 16.0 Å². The maximum atomic E-state index is 12.6. The molecule has 4 rings (SSSR count). The Morgan fingerprint density at radius 2 is 1.71 bits per heavy atom. The maximum absolute atomic E-state index is 12.6. The molecule has 2 atom stereocenters. The van der Waals surface area contributed by atoms with Crippen LogP contribution in [-0.2, 0) is 6.54 Å². The highest BCUT2D eigenvalue weighted by Gasteiger charge is 2.41. The van der Waals surface area contributed by atoms with Gasteiger partial charge in [-0.25, -0.2) is 0 Å². The van der Waals surface area contributed by atoms with Gasteiger partial charge >= 0.3 is 0 Å². The molecule has 0 radical (unpaired) electrons. The van der Waals surface area contributed by atoms with Gasteiger partial charge in [0.1, 0.15) is 0 Å². The summed E-state index contributed by atoms with van der Waals surface area (Å²) in [4.78, 5) is 21.0. The number of pyridine rings is 1. The molecule has 2 aromatic rings. The number of aromatic nitrogens is 1. The summed E-state index contributed by atoms with van der Waals surface area (Å²) >= 11 is 6.27. The minimum atomic E-state index is 0.129. The van der Waals surface area contributed by atoms with E-state index in [0.717, 1.165) is 43.3 Å². The molecule has 1 aromatic heterocycles. The molecule has 2 aliphatic heterocycles. The number of carbonyl (C=O) groups is 1. The number of hydrogen-bond acceptors (Lipinski definition) is 3. The number of likely N-dealkylation sites (tertiary alicyclic amines) is 2. The van der Waals surface area contributed by atoms with Crippen LogP contribution < -0.4 is 0 Å². The second-order valence-corrected chi connectivity index (χ2v) is 7.16. The van der Waals surface area contributed by atoms with Crippen molar-refractivity contribution in [1.29, 1.82) is 0 Å². The van der Waals surface area contributed by atoms with Crippen LogP contribution in [0.2, 0.25) is 5.02 Å². The molecule has 3 heterocycles. The van der Waals surface area contributed by atoms with E-state index in [9.17, 15) is 4.79 Å². The number of rotatable bonds is 3. The number of benzene rings is 1. The van der Waals surface area contributed by atoms with Crippen LogP contribution in [0.25, 0.3) is 0 Å². The summed E-state index contributed by atoms with van der Waals surface area (Å²) in [6.45, 7) is 4.67. The van der Waals surface area contributed by atoms with Gasteiger partial charge in [-0.15, -0.1) is 0 Å². The van der Waals surface area contributed by atoms with Crippen molar-refractivity contribution in [1.82, 2.24) is 14.8 Å². The van der Waals surface area contributed by atoms with E-state index in [0.29, 0.717) is 11.8 Å². The standard InChI is InChI=1S/C19H20ClN3O/c20-18-4-2-1-3-15(18)9-22-10-16-12-23(13-17(16)11-22)19(24)14-5-7-21-8-6-14/h1-8,16-17H,9-13H2/t16-,17-/m1/s1. The van der Waals surface area contributed by atoms with Crippen LogP contribution in [0.4, 0.5) is 0 Å². The van der Waals surface area contributed by atoms with Gasteiger partial charge in [0.05, 0.1) is 0 Å². The number of hydrogen-bond donors (Lipinski definition) is 0. The van der Waals surface area contributed by atoms with Gasteiger partial charge in [-0.2, -0.15) is 0 Å². The molecule has 0 saturated carbocycles. The van der Waals surface area contributed by atoms with Crippen LogP contribution in [0.3, 0.4) is 0 Å². The molecule has 124 valence electrons. The first-order chi connectivity index (χ1) is 11.7. The van der Waals surface area contributed by atoms with E-state index in [4.69, 9.17) is 11.6 Å². The average molecular weight is 342 g/mol. The molecule has 4 nitrogen and oxygen atoms in total. The molecule has 0 aliphatic carbocycles. The van der Waals surface area contributed by atoms with Crippen molar-refractivity contribution in [2.24, 2.45) is 11.8 Å². The lowest BCUT2D eigenvalue weighted by atomic mass is 10.0. The van der Waals surface area contributed by atoms with Crippen LogP contribution in [0.15, 0.2) is 48.8 Å². The van der Waals surface area contributed by atoms with E-state index in [1.165, 1.54) is 5.56 Å². The minimum absolute atomic E-state index is 0.129. The minimum Gasteiger partial charge on any atom is -0.338 e. The van der Waals surface area contributed by atoms with E-state index in [1.807, 2.05) is 23.1 Å². The highest BCUT2D eigenvalue weighted by atomic mass is 35.5. The van der Waals surface area contributed by atoms with Crippen LogP contribution in [0.5, 0.6) is 0 Å². The summed E-state index contributed by atoms with van der Waals surface area (Å²) in [7, 11) is 0. The van der Waals surface area contributed by atoms with Crippen molar-refractivity contribution in [2.45, 2.75) is 6.54 Å². The summed E-state index contributed by atoms with van der Waals surface area (Å²) in [5.41, 5.74) is 1.92. The van der Waals surface area contributed by atoms with Crippen LogP contribution in [-0.4, -0.2) is 46.9 Å². The quantitative estimate of drug-likeness (QED) is 0.861. The summed E-state index contributed by atoms with van der Waals surface area (Å²) in [5.74, 6) is 1.26. The first-order valence-electron chi connectivity index (χ1n) is 8.36. The van der Waals surface area contributed by atoms with Gasteiger partial charge in [-0.1, -0.05) is 29.8 Å². The van der Waals surface area contributed by atoms with Crippen molar-refractivity contribution < 1.29 is 4.79 Å². The van der Waals surface area contributed by atoms with E-state index in [-0.39, 0.29) is 5.91 Å². The highest BCUT2D eigenvalue weighted by molar-refractivity contribution is 6.31. The van der Waals surface area contributed by atoms with Crippen molar-refractivity contribution in [3.8, 4) is 0 Å². The number of carbonyl (C=O) groups excluding carboxylic acids is 1. The third kappa shape index (κ3) is 3.04. The summed E-state index contributed by atoms with van der Waals surface area (Å²) < 4.78 is 0. The molecule has 5 heteroatoms. The second kappa shape index (κ2) is 6.54. The predicted octanol–water partition coefficient (Wildman–Crippen LogP) is 2.94. The zero-order valence-corrected chi connectivity index (χ0v) is 14.2. The molecular weight excluding hydrogens is 322 g/mol. The summed E-state index contributed by atoms with van der Waals surface area (Å²) in [6.07, 6.45) is 3.35. The zero-order chi connectivity index (χ0) is 16.5. The normalized spacial score (nSPS) is 23.5. The second-order valence-electron chi connectivity index (χ2n) is 6.75. The molecule has 0 bridgehead atoms. The molecular formula is C19H20ClN3O. The average Bonchev–Trinajstić information content (AvgIpc) is 3.15. The van der Waals surface area contributed by atoms with Crippen molar-refractivity contribution in [3.05, 3.63) is 64.9 Å². The first kappa shape index (κ1) is 15.6. The fourth-order valence-electron chi connectivity index (χ4n) is 3.93. The van der Waals surface area contributed by atoms with Gasteiger partial charge in [-0.05, 0) is 35.6 Å². The lowest BCUT2D eigenvalue weighted by molar-refractivity contribution is 0.0773. The smallest absolute Gasteiger partial charge is 0.253 e. The Morgan fingerprint density at radius 1 is 1.04 bits per heavy atom. The van der Waals surface area contributed by atoms with Crippen LogP contribution in [0.1, 0.15) is 15.9 Å². The van der Waals surface area contributed by atoms with Crippen molar-refractivity contribution in [2.75, 3.05) is 26.2 Å². The largest absolute Gasteiger partial charge is 0.338 e. The fraction of sp³-hybridized carbons (Fsp3) is 0.368. The maximum Gasteiger partial charge on any atom is 0.253 e. The molecule has 1 amide bonds. The highest BCUT2D eigenvalue weighted by Crippen LogP contribution is 2.33. The van der Waals surface area contributed by atoms with Gasteiger partial charge in [0.15, 0.2) is 0 Å². The van der Waals surface area contributed by atoms with Gasteiger partial charge in [-0.3, -0.25) is 14.7 Å². The zero-order valence-electron chi connectivity index (χ0n) is 13.4. The molecule has 0 N–H and O–H groups in total. The fourth-order valence-corrected chi connectivity index (χ4v) is 4.13. The Morgan fingerprint density at radius 3 is 2.38 bits per heavy atom. The predicted molar refractivity (Wildman–Crippen MR) is 93.8 cm³/mol. The Bertz CT molecular complexity index is 722. The molecule has 2 fully saturated rings. The van der Waals surface area contributed by atoms with Gasteiger partial charge in [0.25, 0.3) is 5.91 Å². The molecule has 2 saturated heterocycles. The van der Waals surface area contributed by atoms with Gasteiger partial charge in [0.2, 0.25) is 0 Å². The topological polar surface area (TPSA) is 36.4 Å². The summed E-state index contributed by atoms with van der Waals surface area (Å²) in [6, 6.07) is 11.6. The molecule has 2 aliphatic rings. The summed E-state index contributed by atoms with van der Waals surface area (Å²) in [5, 5.41) is 0.837. The number of fused-ring (bicyclic) bond motifs is 1. The number of nitrogens with zero attached hydrogens (tertiary/aromatic N) is 3. The number of amides is 1. The molecule has 24 heavy (non-hydrogen) atoms. The SMILES string of the molecule is O=C(c1ccncc1)N1C[C@H]2CN(Cc3ccccc3Cl)C[C@@H]2C1. The molecule has 0 spiro atoms. The first-order valence-corrected chi connectivity index (χ1v) is 8.73. The number of halogens is 1. The lowest BCUT2D eigenvalue weighted by Gasteiger charge is -2.22. The third-order valence-corrected chi connectivity index (χ3v) is 5.50. The Kier molecular flexibility index (Phi) is 4.25. The lowest BCUT2D eigenvalue weighted by Crippen LogP contribution is -2.33. The molecule has 1 aromatic carbocycles. The monoisotopic (exact) mass is 341 g/mol. The Hall–Kier alpha value is -1.91. The van der Waals surface area contributed by atoms with E-state index >= 15 is 0 Å². The van der Waals surface area contributed by atoms with Crippen LogP contribution in [0, 0.1) is 11.8 Å².